The predicted molar refractivity (Wildman–Crippen MR) is 159 cm³/mol. The Morgan fingerprint density at radius 1 is 0.925 bits per heavy atom. The third-order valence-electron chi connectivity index (χ3n) is 7.35. The zero-order valence-electron chi connectivity index (χ0n) is 23.1. The van der Waals surface area contributed by atoms with Crippen LogP contribution in [-0.2, 0) is 26.2 Å². The Hall–Kier alpha value is -3.36. The largest absolute Gasteiger partial charge is 0.352 e. The molecule has 4 rings (SSSR count). The van der Waals surface area contributed by atoms with Crippen LogP contribution in [0.1, 0.15) is 49.3 Å². The minimum absolute atomic E-state index is 0.0444. The van der Waals surface area contributed by atoms with Gasteiger partial charge in [-0.3, -0.25) is 13.9 Å². The molecule has 3 aromatic carbocycles. The van der Waals surface area contributed by atoms with E-state index in [0.29, 0.717) is 0 Å². The summed E-state index contributed by atoms with van der Waals surface area (Å²) < 4.78 is 28.8. The number of nitrogens with zero attached hydrogens (tertiary/aromatic N) is 2. The molecule has 212 valence electrons. The maximum Gasteiger partial charge on any atom is 0.264 e. The number of hydrogen-bond acceptors (Lipinski definition) is 4. The summed E-state index contributed by atoms with van der Waals surface area (Å²) in [6.07, 6.45) is 3.96. The zero-order chi connectivity index (χ0) is 28.9. The van der Waals surface area contributed by atoms with E-state index in [1.54, 1.807) is 43.3 Å². The molecule has 2 amide bonds. The topological polar surface area (TPSA) is 86.8 Å². The summed E-state index contributed by atoms with van der Waals surface area (Å²) in [5, 5.41) is 3.28. The lowest BCUT2D eigenvalue weighted by Gasteiger charge is -2.32. The molecule has 0 bridgehead atoms. The highest BCUT2D eigenvalue weighted by Gasteiger charge is 2.34. The Balaban J connectivity index is 1.69. The van der Waals surface area contributed by atoms with E-state index in [1.807, 2.05) is 38.1 Å². The molecule has 9 heteroatoms. The van der Waals surface area contributed by atoms with E-state index in [-0.39, 0.29) is 34.1 Å². The first-order chi connectivity index (χ1) is 19.1. The summed E-state index contributed by atoms with van der Waals surface area (Å²) in [7, 11) is -4.16. The lowest BCUT2D eigenvalue weighted by Crippen LogP contribution is -2.52. The lowest BCUT2D eigenvalue weighted by molar-refractivity contribution is -0.139. The average Bonchev–Trinajstić information content (AvgIpc) is 3.44. The smallest absolute Gasteiger partial charge is 0.264 e. The van der Waals surface area contributed by atoms with Crippen molar-refractivity contribution >= 4 is 39.1 Å². The third-order valence-corrected chi connectivity index (χ3v) is 9.44. The molecule has 0 heterocycles. The number of halogens is 1. The second-order valence-corrected chi connectivity index (χ2v) is 12.7. The minimum atomic E-state index is -4.16. The second kappa shape index (κ2) is 12.9. The fourth-order valence-electron chi connectivity index (χ4n) is 4.87. The van der Waals surface area contributed by atoms with Crippen LogP contribution < -0.4 is 9.62 Å². The summed E-state index contributed by atoms with van der Waals surface area (Å²) in [4.78, 5) is 28.8. The van der Waals surface area contributed by atoms with Crippen LogP contribution in [0.4, 0.5) is 5.69 Å². The van der Waals surface area contributed by atoms with Crippen LogP contribution in [-0.4, -0.2) is 43.8 Å². The summed E-state index contributed by atoms with van der Waals surface area (Å²) in [5.41, 5.74) is 3.01. The van der Waals surface area contributed by atoms with Gasteiger partial charge in [0.2, 0.25) is 11.8 Å². The quantitative estimate of drug-likeness (QED) is 0.336. The summed E-state index contributed by atoms with van der Waals surface area (Å²) in [5.74, 6) is -0.761. The van der Waals surface area contributed by atoms with Gasteiger partial charge in [-0.2, -0.15) is 0 Å². The van der Waals surface area contributed by atoms with Crippen LogP contribution in [0.3, 0.4) is 0 Å². The third kappa shape index (κ3) is 7.04. The second-order valence-electron chi connectivity index (χ2n) is 10.4. The summed E-state index contributed by atoms with van der Waals surface area (Å²) in [6.45, 7) is 5.16. The van der Waals surface area contributed by atoms with Gasteiger partial charge in [-0.15, -0.1) is 0 Å². The van der Waals surface area contributed by atoms with E-state index in [2.05, 4.69) is 5.32 Å². The molecule has 1 saturated carbocycles. The van der Waals surface area contributed by atoms with Crippen molar-refractivity contribution < 1.29 is 18.0 Å². The predicted octanol–water partition coefficient (Wildman–Crippen LogP) is 5.63. The Morgan fingerprint density at radius 3 is 2.10 bits per heavy atom. The van der Waals surface area contributed by atoms with Crippen LogP contribution in [0.2, 0.25) is 5.02 Å². The zero-order valence-corrected chi connectivity index (χ0v) is 24.7. The van der Waals surface area contributed by atoms with Gasteiger partial charge in [0, 0.05) is 12.6 Å². The molecule has 7 nitrogen and oxygen atoms in total. The Morgan fingerprint density at radius 2 is 1.50 bits per heavy atom. The van der Waals surface area contributed by atoms with Gasteiger partial charge in [0.15, 0.2) is 0 Å². The van der Waals surface area contributed by atoms with Crippen molar-refractivity contribution in [1.29, 1.82) is 0 Å². The number of anilines is 1. The van der Waals surface area contributed by atoms with Gasteiger partial charge in [-0.05, 0) is 63.4 Å². The number of carbonyl (C=O) groups is 2. The Bertz CT molecular complexity index is 1440. The maximum absolute atomic E-state index is 14.0. The molecule has 0 saturated heterocycles. The number of rotatable bonds is 10. The minimum Gasteiger partial charge on any atom is -0.352 e. The molecule has 0 aliphatic heterocycles. The van der Waals surface area contributed by atoms with Crippen molar-refractivity contribution in [1.82, 2.24) is 10.2 Å². The molecule has 40 heavy (non-hydrogen) atoms. The standard InChI is InChI=1S/C31H36ClN3O4S/c1-22-12-16-25(17-13-22)20-34(24(3)31(37)33-26-8-4-5-9-26)30(36)21-35(29-11-7-6-10-28(29)32)40(38,39)27-18-14-23(2)15-19-27/h6-7,10-19,24,26H,4-5,8-9,20-21H2,1-3H3,(H,33,37)/t24-/m0/s1. The highest BCUT2D eigenvalue weighted by atomic mass is 35.5. The molecule has 0 spiro atoms. The van der Waals surface area contributed by atoms with E-state index >= 15 is 0 Å². The molecule has 1 aliphatic rings. The number of sulfonamides is 1. The molecular formula is C31H36ClN3O4S. The van der Waals surface area contributed by atoms with Crippen molar-refractivity contribution in [3.05, 3.63) is 94.5 Å². The number of para-hydroxylation sites is 1. The molecular weight excluding hydrogens is 546 g/mol. The number of aryl methyl sites for hydroxylation is 2. The number of hydrogen-bond donors (Lipinski definition) is 1. The van der Waals surface area contributed by atoms with Gasteiger partial charge in [-0.25, -0.2) is 8.42 Å². The van der Waals surface area contributed by atoms with Crippen molar-refractivity contribution in [3.63, 3.8) is 0 Å². The normalized spacial score (nSPS) is 14.5. The van der Waals surface area contributed by atoms with E-state index in [0.717, 1.165) is 46.7 Å². The highest BCUT2D eigenvalue weighted by Crippen LogP contribution is 2.31. The Labute approximate surface area is 242 Å². The van der Waals surface area contributed by atoms with Gasteiger partial charge in [-0.1, -0.05) is 84.1 Å². The van der Waals surface area contributed by atoms with Crippen molar-refractivity contribution in [3.8, 4) is 0 Å². The van der Waals surface area contributed by atoms with Crippen LogP contribution >= 0.6 is 11.6 Å². The van der Waals surface area contributed by atoms with Crippen LogP contribution in [0.5, 0.6) is 0 Å². The molecule has 1 aliphatic carbocycles. The monoisotopic (exact) mass is 581 g/mol. The van der Waals surface area contributed by atoms with E-state index in [4.69, 9.17) is 11.6 Å². The molecule has 3 aromatic rings. The van der Waals surface area contributed by atoms with Crippen LogP contribution in [0, 0.1) is 13.8 Å². The van der Waals surface area contributed by atoms with E-state index in [1.165, 1.54) is 17.0 Å². The molecule has 0 aromatic heterocycles. The Kier molecular flexibility index (Phi) is 9.53. The molecule has 1 atom stereocenters. The summed E-state index contributed by atoms with van der Waals surface area (Å²) in [6, 6.07) is 19.9. The number of amides is 2. The van der Waals surface area contributed by atoms with Gasteiger partial charge in [0.05, 0.1) is 15.6 Å². The molecule has 1 N–H and O–H groups in total. The lowest BCUT2D eigenvalue weighted by atomic mass is 10.1. The number of carbonyl (C=O) groups excluding carboxylic acids is 2. The first-order valence-electron chi connectivity index (χ1n) is 13.6. The van der Waals surface area contributed by atoms with Gasteiger partial charge < -0.3 is 10.2 Å². The van der Waals surface area contributed by atoms with Gasteiger partial charge in [0.25, 0.3) is 10.0 Å². The van der Waals surface area contributed by atoms with Crippen molar-refractivity contribution in [2.24, 2.45) is 0 Å². The SMILES string of the molecule is Cc1ccc(CN(C(=O)CN(c2ccccc2Cl)S(=O)(=O)c2ccc(C)cc2)[C@@H](C)C(=O)NC2CCCC2)cc1. The average molecular weight is 582 g/mol. The molecule has 0 radical (unpaired) electrons. The highest BCUT2D eigenvalue weighted by molar-refractivity contribution is 7.92. The fourth-order valence-corrected chi connectivity index (χ4v) is 6.59. The van der Waals surface area contributed by atoms with Crippen molar-refractivity contribution in [2.75, 3.05) is 10.8 Å². The molecule has 0 unspecified atom stereocenters. The number of benzene rings is 3. The number of nitrogens with one attached hydrogen (secondary N) is 1. The molecule has 1 fully saturated rings. The first kappa shape index (κ1) is 29.6. The summed E-state index contributed by atoms with van der Waals surface area (Å²) >= 11 is 6.46. The maximum atomic E-state index is 14.0. The van der Waals surface area contributed by atoms with Gasteiger partial charge in [0.1, 0.15) is 12.6 Å². The van der Waals surface area contributed by atoms with Gasteiger partial charge >= 0.3 is 0 Å². The first-order valence-corrected chi connectivity index (χ1v) is 15.4. The van der Waals surface area contributed by atoms with Crippen molar-refractivity contribution in [2.45, 2.75) is 70.0 Å². The van der Waals surface area contributed by atoms with E-state index < -0.39 is 28.5 Å². The fraction of sp³-hybridized carbons (Fsp3) is 0.355. The van der Waals surface area contributed by atoms with E-state index in [9.17, 15) is 18.0 Å². The van der Waals surface area contributed by atoms with Crippen LogP contribution in [0.25, 0.3) is 0 Å². The van der Waals surface area contributed by atoms with Crippen LogP contribution in [0.15, 0.2) is 77.7 Å².